The molecule has 1 saturated heterocycles. The number of thioether (sulfide) groups is 1. The van der Waals surface area contributed by atoms with Crippen molar-refractivity contribution in [2.75, 3.05) is 38.5 Å². The van der Waals surface area contributed by atoms with Gasteiger partial charge in [-0.2, -0.15) is 11.8 Å². The zero-order chi connectivity index (χ0) is 14.8. The normalized spacial score (nSPS) is 19.9. The van der Waals surface area contributed by atoms with Crippen molar-refractivity contribution in [3.63, 3.8) is 0 Å². The Bertz CT molecular complexity index is 322. The lowest BCUT2D eigenvalue weighted by atomic mass is 10.3. The molecule has 0 bridgehead atoms. The fourth-order valence-corrected chi connectivity index (χ4v) is 3.23. The van der Waals surface area contributed by atoms with Gasteiger partial charge in [-0.15, -0.1) is 0 Å². The van der Waals surface area contributed by atoms with Crippen LogP contribution in [-0.4, -0.2) is 60.5 Å². The van der Waals surface area contributed by atoms with Crippen LogP contribution >= 0.6 is 11.8 Å². The fourth-order valence-electron chi connectivity index (χ4n) is 2.05. The number of nitrogens with one attached hydrogen (secondary N) is 2. The van der Waals surface area contributed by atoms with Gasteiger partial charge in [-0.1, -0.05) is 13.8 Å². The van der Waals surface area contributed by atoms with E-state index in [0.717, 1.165) is 44.3 Å². The van der Waals surface area contributed by atoms with Crippen LogP contribution < -0.4 is 10.6 Å². The summed E-state index contributed by atoms with van der Waals surface area (Å²) in [5.41, 5.74) is 0. The maximum absolute atomic E-state index is 11.6. The minimum absolute atomic E-state index is 0.000629. The van der Waals surface area contributed by atoms with Crippen molar-refractivity contribution < 1.29 is 4.79 Å². The number of carbonyl (C=O) groups is 1. The molecule has 0 saturated carbocycles. The van der Waals surface area contributed by atoms with E-state index < -0.39 is 0 Å². The lowest BCUT2D eigenvalue weighted by molar-refractivity contribution is -0.119. The Kier molecular flexibility index (Phi) is 8.49. The number of hydrogen-bond donors (Lipinski definition) is 2. The van der Waals surface area contributed by atoms with Gasteiger partial charge in [0, 0.05) is 37.2 Å². The van der Waals surface area contributed by atoms with Crippen LogP contribution in [0.15, 0.2) is 4.99 Å². The number of nitrogens with zero attached hydrogens (tertiary/aromatic N) is 2. The minimum Gasteiger partial charge on any atom is -0.357 e. The van der Waals surface area contributed by atoms with Gasteiger partial charge >= 0.3 is 0 Å². The summed E-state index contributed by atoms with van der Waals surface area (Å²) in [7, 11) is 0. The highest BCUT2D eigenvalue weighted by atomic mass is 32.2. The van der Waals surface area contributed by atoms with Crippen LogP contribution in [0.5, 0.6) is 0 Å². The van der Waals surface area contributed by atoms with Crippen molar-refractivity contribution in [1.29, 1.82) is 0 Å². The molecule has 0 aromatic carbocycles. The van der Waals surface area contributed by atoms with Gasteiger partial charge < -0.3 is 15.5 Å². The molecule has 0 aromatic rings. The third kappa shape index (κ3) is 6.03. The van der Waals surface area contributed by atoms with E-state index >= 15 is 0 Å². The monoisotopic (exact) mass is 300 g/mol. The van der Waals surface area contributed by atoms with Crippen LogP contribution in [0.25, 0.3) is 0 Å². The third-order valence-electron chi connectivity index (χ3n) is 3.17. The van der Waals surface area contributed by atoms with Gasteiger partial charge in [-0.25, -0.2) is 4.99 Å². The molecule has 2 N–H and O–H groups in total. The third-order valence-corrected chi connectivity index (χ3v) is 4.55. The molecule has 20 heavy (non-hydrogen) atoms. The van der Waals surface area contributed by atoms with E-state index in [2.05, 4.69) is 34.4 Å². The van der Waals surface area contributed by atoms with E-state index in [4.69, 9.17) is 0 Å². The standard InChI is InChI=1S/C14H28N4OS/c1-4-7-16-13(19)10-17-14(15-6-3)18-8-9-20-12(5-2)11-18/h12H,4-11H2,1-3H3,(H,15,17)(H,16,19). The Hall–Kier alpha value is -0.910. The molecule has 1 unspecified atom stereocenters. The number of aliphatic imine (C=N–C) groups is 1. The summed E-state index contributed by atoms with van der Waals surface area (Å²) < 4.78 is 0. The summed E-state index contributed by atoms with van der Waals surface area (Å²) in [6.45, 7) is 10.1. The minimum atomic E-state index is 0.000629. The molecule has 116 valence electrons. The van der Waals surface area contributed by atoms with Crippen molar-refractivity contribution in [2.24, 2.45) is 4.99 Å². The average molecular weight is 300 g/mol. The van der Waals surface area contributed by atoms with Gasteiger partial charge in [0.25, 0.3) is 0 Å². The molecule has 0 radical (unpaired) electrons. The largest absolute Gasteiger partial charge is 0.357 e. The van der Waals surface area contributed by atoms with E-state index in [9.17, 15) is 4.79 Å². The SMILES string of the molecule is CCCNC(=O)CN=C(NCC)N1CCSC(CC)C1. The zero-order valence-electron chi connectivity index (χ0n) is 12.9. The highest BCUT2D eigenvalue weighted by Gasteiger charge is 2.21. The van der Waals surface area contributed by atoms with E-state index in [-0.39, 0.29) is 12.5 Å². The molecule has 6 heteroatoms. The summed E-state index contributed by atoms with van der Waals surface area (Å²) in [4.78, 5) is 18.4. The molecule has 1 heterocycles. The smallest absolute Gasteiger partial charge is 0.241 e. The van der Waals surface area contributed by atoms with Crippen LogP contribution in [0.4, 0.5) is 0 Å². The Morgan fingerprint density at radius 3 is 2.80 bits per heavy atom. The van der Waals surface area contributed by atoms with Gasteiger partial charge in [0.05, 0.1) is 0 Å². The molecular formula is C14H28N4OS. The first-order valence-electron chi connectivity index (χ1n) is 7.62. The molecule has 1 aliphatic heterocycles. The summed E-state index contributed by atoms with van der Waals surface area (Å²) in [5, 5.41) is 6.82. The Labute approximate surface area is 127 Å². The van der Waals surface area contributed by atoms with Crippen molar-refractivity contribution >= 4 is 23.6 Å². The van der Waals surface area contributed by atoms with Crippen LogP contribution in [0, 0.1) is 0 Å². The van der Waals surface area contributed by atoms with Crippen molar-refractivity contribution in [3.05, 3.63) is 0 Å². The quantitative estimate of drug-likeness (QED) is 0.573. The number of hydrogen-bond acceptors (Lipinski definition) is 3. The summed E-state index contributed by atoms with van der Waals surface area (Å²) in [5.74, 6) is 2.00. The van der Waals surface area contributed by atoms with Crippen molar-refractivity contribution in [3.8, 4) is 0 Å². The molecule has 1 fully saturated rings. The number of carbonyl (C=O) groups excluding carboxylic acids is 1. The summed E-state index contributed by atoms with van der Waals surface area (Å²) in [6.07, 6.45) is 2.13. The van der Waals surface area contributed by atoms with Gasteiger partial charge in [0.2, 0.25) is 5.91 Å². The first kappa shape index (κ1) is 17.1. The first-order valence-corrected chi connectivity index (χ1v) is 8.67. The van der Waals surface area contributed by atoms with Crippen LogP contribution in [0.3, 0.4) is 0 Å². The van der Waals surface area contributed by atoms with E-state index in [1.54, 1.807) is 0 Å². The number of amides is 1. The van der Waals surface area contributed by atoms with Crippen molar-refractivity contribution in [2.45, 2.75) is 38.9 Å². The molecule has 0 aliphatic carbocycles. The maximum Gasteiger partial charge on any atom is 0.241 e. The van der Waals surface area contributed by atoms with E-state index in [0.29, 0.717) is 5.25 Å². The predicted octanol–water partition coefficient (Wildman–Crippen LogP) is 1.31. The predicted molar refractivity (Wildman–Crippen MR) is 87.4 cm³/mol. The van der Waals surface area contributed by atoms with Crippen molar-refractivity contribution in [1.82, 2.24) is 15.5 Å². The Morgan fingerprint density at radius 1 is 1.35 bits per heavy atom. The summed E-state index contributed by atoms with van der Waals surface area (Å²) >= 11 is 2.03. The highest BCUT2D eigenvalue weighted by Crippen LogP contribution is 2.20. The second kappa shape index (κ2) is 9.91. The van der Waals surface area contributed by atoms with E-state index in [1.165, 1.54) is 6.42 Å². The molecule has 0 aromatic heterocycles. The van der Waals surface area contributed by atoms with E-state index in [1.807, 2.05) is 18.7 Å². The average Bonchev–Trinajstić information content (AvgIpc) is 2.49. The van der Waals surface area contributed by atoms with Gasteiger partial charge in [0.15, 0.2) is 5.96 Å². The number of guanidine groups is 1. The van der Waals surface area contributed by atoms with Gasteiger partial charge in [-0.3, -0.25) is 4.79 Å². The highest BCUT2D eigenvalue weighted by molar-refractivity contribution is 8.00. The zero-order valence-corrected chi connectivity index (χ0v) is 13.8. The first-order chi connectivity index (χ1) is 9.71. The van der Waals surface area contributed by atoms with Gasteiger partial charge in [0.1, 0.15) is 6.54 Å². The Balaban J connectivity index is 2.55. The fraction of sp³-hybridized carbons (Fsp3) is 0.857. The molecule has 1 aliphatic rings. The second-order valence-corrected chi connectivity index (χ2v) is 6.28. The van der Waals surface area contributed by atoms with Gasteiger partial charge in [-0.05, 0) is 19.8 Å². The lowest BCUT2D eigenvalue weighted by Crippen LogP contribution is -2.48. The topological polar surface area (TPSA) is 56.7 Å². The lowest BCUT2D eigenvalue weighted by Gasteiger charge is -2.34. The maximum atomic E-state index is 11.6. The second-order valence-electron chi connectivity index (χ2n) is 4.87. The van der Waals surface area contributed by atoms with Crippen LogP contribution in [-0.2, 0) is 4.79 Å². The molecule has 0 spiro atoms. The molecule has 5 nitrogen and oxygen atoms in total. The molecule has 1 amide bonds. The molecule has 1 rings (SSSR count). The number of rotatable bonds is 6. The molecule has 1 atom stereocenters. The summed E-state index contributed by atoms with van der Waals surface area (Å²) in [6, 6.07) is 0. The molecular weight excluding hydrogens is 272 g/mol. The van der Waals surface area contributed by atoms with Crippen LogP contribution in [0.1, 0.15) is 33.6 Å². The Morgan fingerprint density at radius 2 is 2.15 bits per heavy atom. The van der Waals surface area contributed by atoms with Crippen LogP contribution in [0.2, 0.25) is 0 Å².